The minimum atomic E-state index is -4.60. The van der Waals surface area contributed by atoms with Gasteiger partial charge in [0.15, 0.2) is 0 Å². The molecule has 1 unspecified atom stereocenters. The van der Waals surface area contributed by atoms with E-state index in [2.05, 4.69) is 0 Å². The number of hydrogen-bond acceptors (Lipinski definition) is 3. The molecule has 7 heteroatoms. The summed E-state index contributed by atoms with van der Waals surface area (Å²) in [6.45, 7) is 2.03. The number of halogens is 3. The van der Waals surface area contributed by atoms with E-state index in [1.165, 1.54) is 29.3 Å². The van der Waals surface area contributed by atoms with E-state index in [-0.39, 0.29) is 30.1 Å². The number of alkyl halides is 3. The molecule has 0 N–H and O–H groups in total. The van der Waals surface area contributed by atoms with Crippen molar-refractivity contribution < 1.29 is 27.5 Å². The topological polar surface area (TPSA) is 46.6 Å². The minimum absolute atomic E-state index is 0.00920. The molecule has 2 aromatic rings. The Balaban J connectivity index is 1.95. The molecule has 0 spiro atoms. The summed E-state index contributed by atoms with van der Waals surface area (Å²) in [6.07, 6.45) is -3.51. The lowest BCUT2D eigenvalue weighted by molar-refractivity contribution is -0.143. The van der Waals surface area contributed by atoms with E-state index in [1.807, 2.05) is 6.07 Å². The number of carbonyl (C=O) groups is 2. The van der Waals surface area contributed by atoms with Crippen LogP contribution < -0.4 is 0 Å². The first-order valence-electron chi connectivity index (χ1n) is 9.19. The van der Waals surface area contributed by atoms with Gasteiger partial charge in [0, 0.05) is 25.1 Å². The van der Waals surface area contributed by atoms with Crippen LogP contribution in [0.4, 0.5) is 13.2 Å². The lowest BCUT2D eigenvalue weighted by Gasteiger charge is -2.30. The molecular formula is C22H20F3NO3. The summed E-state index contributed by atoms with van der Waals surface area (Å²) in [5, 5.41) is 0. The Morgan fingerprint density at radius 2 is 1.76 bits per heavy atom. The first kappa shape index (κ1) is 20.6. The molecule has 29 heavy (non-hydrogen) atoms. The highest BCUT2D eigenvalue weighted by Gasteiger charge is 2.40. The zero-order chi connectivity index (χ0) is 21.0. The maximum Gasteiger partial charge on any atom is 0.416 e. The smallest absolute Gasteiger partial charge is 0.416 e. The van der Waals surface area contributed by atoms with Gasteiger partial charge in [-0.1, -0.05) is 48.5 Å². The number of ether oxygens (including phenoxy) is 1. The molecular weight excluding hydrogens is 383 g/mol. The van der Waals surface area contributed by atoms with Crippen molar-refractivity contribution in [3.8, 4) is 0 Å². The van der Waals surface area contributed by atoms with Crippen molar-refractivity contribution in [2.45, 2.75) is 32.0 Å². The second-order valence-electron chi connectivity index (χ2n) is 6.67. The van der Waals surface area contributed by atoms with Gasteiger partial charge in [-0.15, -0.1) is 0 Å². The molecule has 0 fully saturated rings. The van der Waals surface area contributed by atoms with Crippen LogP contribution in [0.2, 0.25) is 0 Å². The normalized spacial score (nSPS) is 17.1. The zero-order valence-electron chi connectivity index (χ0n) is 15.8. The van der Waals surface area contributed by atoms with E-state index in [4.69, 9.17) is 4.74 Å². The lowest BCUT2D eigenvalue weighted by Crippen LogP contribution is -2.35. The van der Waals surface area contributed by atoms with Crippen molar-refractivity contribution in [3.63, 3.8) is 0 Å². The van der Waals surface area contributed by atoms with E-state index < -0.39 is 23.6 Å². The predicted octanol–water partition coefficient (Wildman–Crippen LogP) is 4.67. The van der Waals surface area contributed by atoms with Gasteiger partial charge < -0.3 is 9.64 Å². The van der Waals surface area contributed by atoms with Crippen LogP contribution in [0.15, 0.2) is 66.4 Å². The Bertz CT molecular complexity index is 922. The number of carbonyl (C=O) groups excluding carboxylic acids is 2. The molecule has 1 heterocycles. The average molecular weight is 403 g/mol. The maximum absolute atomic E-state index is 13.5. The summed E-state index contributed by atoms with van der Waals surface area (Å²) < 4.78 is 45.9. The van der Waals surface area contributed by atoms with Gasteiger partial charge in [0.05, 0.1) is 11.1 Å². The van der Waals surface area contributed by atoms with Gasteiger partial charge in [-0.25, -0.2) is 4.79 Å². The number of benzene rings is 2. The summed E-state index contributed by atoms with van der Waals surface area (Å²) in [5.74, 6) is -2.10. The molecule has 0 radical (unpaired) electrons. The molecule has 152 valence electrons. The Morgan fingerprint density at radius 1 is 1.10 bits per heavy atom. The van der Waals surface area contributed by atoms with Crippen molar-refractivity contribution >= 4 is 11.9 Å². The first-order chi connectivity index (χ1) is 13.8. The van der Waals surface area contributed by atoms with Crippen LogP contribution >= 0.6 is 0 Å². The highest BCUT2D eigenvalue weighted by atomic mass is 19.4. The van der Waals surface area contributed by atoms with Gasteiger partial charge in [-0.2, -0.15) is 13.2 Å². The molecule has 1 amide bonds. The Morgan fingerprint density at radius 3 is 2.41 bits per heavy atom. The molecule has 0 saturated heterocycles. The SMILES string of the molecule is CCN1C=C(C(=O)OCc2ccccc2)C(c2ccccc2C(F)(F)F)CC1=O. The molecule has 1 atom stereocenters. The summed E-state index contributed by atoms with van der Waals surface area (Å²) in [7, 11) is 0. The van der Waals surface area contributed by atoms with Crippen LogP contribution in [-0.2, 0) is 27.1 Å². The number of nitrogens with zero attached hydrogens (tertiary/aromatic N) is 1. The van der Waals surface area contributed by atoms with Crippen molar-refractivity contribution in [1.29, 1.82) is 0 Å². The fraction of sp³-hybridized carbons (Fsp3) is 0.273. The third-order valence-electron chi connectivity index (χ3n) is 4.80. The monoisotopic (exact) mass is 403 g/mol. The van der Waals surface area contributed by atoms with Crippen LogP contribution in [0.1, 0.15) is 36.0 Å². The number of hydrogen-bond donors (Lipinski definition) is 0. The van der Waals surface area contributed by atoms with E-state index in [0.717, 1.165) is 11.6 Å². The van der Waals surface area contributed by atoms with E-state index >= 15 is 0 Å². The fourth-order valence-corrected chi connectivity index (χ4v) is 3.34. The fourth-order valence-electron chi connectivity index (χ4n) is 3.34. The van der Waals surface area contributed by atoms with Crippen molar-refractivity contribution in [1.82, 2.24) is 4.90 Å². The lowest BCUT2D eigenvalue weighted by atomic mass is 9.83. The van der Waals surface area contributed by atoms with Crippen LogP contribution in [0.3, 0.4) is 0 Å². The summed E-state index contributed by atoms with van der Waals surface area (Å²) >= 11 is 0. The molecule has 2 aromatic carbocycles. The van der Waals surface area contributed by atoms with E-state index in [9.17, 15) is 22.8 Å². The van der Waals surface area contributed by atoms with Gasteiger partial charge in [0.25, 0.3) is 0 Å². The van der Waals surface area contributed by atoms with Gasteiger partial charge >= 0.3 is 12.1 Å². The van der Waals surface area contributed by atoms with Crippen LogP contribution in [0.25, 0.3) is 0 Å². The molecule has 4 nitrogen and oxygen atoms in total. The summed E-state index contributed by atoms with van der Waals surface area (Å²) in [4.78, 5) is 26.5. The standard InChI is InChI=1S/C22H20F3NO3/c1-2-26-13-18(21(28)29-14-15-8-4-3-5-9-15)17(12-20(26)27)16-10-6-7-11-19(16)22(23,24)25/h3-11,13,17H,2,12,14H2,1H3. The molecule has 1 aliphatic rings. The highest BCUT2D eigenvalue weighted by molar-refractivity contribution is 5.94. The Hall–Kier alpha value is -3.09. The van der Waals surface area contributed by atoms with E-state index in [1.54, 1.807) is 31.2 Å². The molecule has 0 bridgehead atoms. The van der Waals surface area contributed by atoms with Crippen molar-refractivity contribution in [2.24, 2.45) is 0 Å². The van der Waals surface area contributed by atoms with Gasteiger partial charge in [-0.3, -0.25) is 4.79 Å². The summed E-state index contributed by atoms with van der Waals surface area (Å²) in [5.41, 5.74) is -0.163. The quantitative estimate of drug-likeness (QED) is 0.682. The maximum atomic E-state index is 13.5. The molecule has 0 aromatic heterocycles. The van der Waals surface area contributed by atoms with Gasteiger partial charge in [0.2, 0.25) is 5.91 Å². The Kier molecular flexibility index (Phi) is 6.06. The van der Waals surface area contributed by atoms with Crippen molar-refractivity contribution in [2.75, 3.05) is 6.54 Å². The Labute approximate surface area is 166 Å². The highest BCUT2D eigenvalue weighted by Crippen LogP contribution is 2.41. The zero-order valence-corrected chi connectivity index (χ0v) is 15.8. The van der Waals surface area contributed by atoms with Crippen LogP contribution in [-0.4, -0.2) is 23.3 Å². The molecule has 0 saturated carbocycles. The minimum Gasteiger partial charge on any atom is -0.457 e. The van der Waals surface area contributed by atoms with Gasteiger partial charge in [-0.05, 0) is 24.1 Å². The second kappa shape index (κ2) is 8.51. The van der Waals surface area contributed by atoms with Crippen molar-refractivity contribution in [3.05, 3.63) is 83.1 Å². The predicted molar refractivity (Wildman–Crippen MR) is 101 cm³/mol. The number of amides is 1. The second-order valence-corrected chi connectivity index (χ2v) is 6.67. The third-order valence-corrected chi connectivity index (χ3v) is 4.80. The van der Waals surface area contributed by atoms with E-state index in [0.29, 0.717) is 6.54 Å². The number of rotatable bonds is 5. The largest absolute Gasteiger partial charge is 0.457 e. The molecule has 1 aliphatic heterocycles. The van der Waals surface area contributed by atoms with Crippen LogP contribution in [0.5, 0.6) is 0 Å². The third kappa shape index (κ3) is 4.67. The summed E-state index contributed by atoms with van der Waals surface area (Å²) in [6, 6.07) is 14.0. The van der Waals surface area contributed by atoms with Gasteiger partial charge in [0.1, 0.15) is 6.61 Å². The molecule has 3 rings (SSSR count). The molecule has 0 aliphatic carbocycles. The first-order valence-corrected chi connectivity index (χ1v) is 9.19. The number of esters is 1. The average Bonchev–Trinajstić information content (AvgIpc) is 2.72. The van der Waals surface area contributed by atoms with Crippen LogP contribution in [0, 0.1) is 0 Å².